The third-order valence-corrected chi connectivity index (χ3v) is 3.97. The molecule has 1 amide bonds. The fourth-order valence-electron chi connectivity index (χ4n) is 2.50. The summed E-state index contributed by atoms with van der Waals surface area (Å²) < 4.78 is 10.6. The molecule has 0 aliphatic carbocycles. The number of rotatable bonds is 4. The maximum absolute atomic E-state index is 12.3. The normalized spacial score (nSPS) is 11.9. The van der Waals surface area contributed by atoms with Crippen LogP contribution in [0, 0.1) is 0 Å². The molecule has 26 heavy (non-hydrogen) atoms. The van der Waals surface area contributed by atoms with Crippen LogP contribution in [0.3, 0.4) is 0 Å². The smallest absolute Gasteiger partial charge is 0.274 e. The summed E-state index contributed by atoms with van der Waals surface area (Å²) in [5, 5.41) is 6.52. The molecule has 130 valence electrons. The SMILES string of the molecule is O=C(Nc1cccc(Cl)c1)c1ccc(Nc2ccc3c(c2)OCO3)cn1. The summed E-state index contributed by atoms with van der Waals surface area (Å²) in [5.41, 5.74) is 2.52. The minimum Gasteiger partial charge on any atom is -0.454 e. The molecule has 6 nitrogen and oxygen atoms in total. The number of hydrogen-bond acceptors (Lipinski definition) is 5. The first kappa shape index (κ1) is 16.2. The van der Waals surface area contributed by atoms with Crippen molar-refractivity contribution < 1.29 is 14.3 Å². The highest BCUT2D eigenvalue weighted by Crippen LogP contribution is 2.35. The van der Waals surface area contributed by atoms with E-state index >= 15 is 0 Å². The van der Waals surface area contributed by atoms with Crippen LogP contribution >= 0.6 is 11.6 Å². The highest BCUT2D eigenvalue weighted by Gasteiger charge is 2.13. The fourth-order valence-corrected chi connectivity index (χ4v) is 2.69. The third-order valence-electron chi connectivity index (χ3n) is 3.74. The number of nitrogens with zero attached hydrogens (tertiary/aromatic N) is 1. The highest BCUT2D eigenvalue weighted by atomic mass is 35.5. The van der Waals surface area contributed by atoms with Crippen LogP contribution in [0.1, 0.15) is 10.5 Å². The van der Waals surface area contributed by atoms with E-state index in [-0.39, 0.29) is 12.7 Å². The quantitative estimate of drug-likeness (QED) is 0.712. The molecule has 0 unspecified atom stereocenters. The number of nitrogens with one attached hydrogen (secondary N) is 2. The summed E-state index contributed by atoms with van der Waals surface area (Å²) in [7, 11) is 0. The van der Waals surface area contributed by atoms with Gasteiger partial charge in [-0.05, 0) is 42.5 Å². The second kappa shape index (κ2) is 6.93. The summed E-state index contributed by atoms with van der Waals surface area (Å²) in [5.74, 6) is 1.11. The Morgan fingerprint density at radius 2 is 1.81 bits per heavy atom. The topological polar surface area (TPSA) is 72.5 Å². The number of benzene rings is 2. The Morgan fingerprint density at radius 3 is 2.62 bits per heavy atom. The second-order valence-electron chi connectivity index (χ2n) is 5.59. The van der Waals surface area contributed by atoms with E-state index in [9.17, 15) is 4.79 Å². The van der Waals surface area contributed by atoms with E-state index in [1.54, 1.807) is 42.6 Å². The Bertz CT molecular complexity index is 960. The number of ether oxygens (including phenoxy) is 2. The zero-order valence-electron chi connectivity index (χ0n) is 13.5. The molecule has 1 aromatic heterocycles. The van der Waals surface area contributed by atoms with E-state index in [1.165, 1.54) is 0 Å². The van der Waals surface area contributed by atoms with Crippen LogP contribution in [0.15, 0.2) is 60.8 Å². The van der Waals surface area contributed by atoms with Gasteiger partial charge in [-0.15, -0.1) is 0 Å². The molecule has 0 radical (unpaired) electrons. The number of carbonyl (C=O) groups excluding carboxylic acids is 1. The van der Waals surface area contributed by atoms with Crippen molar-refractivity contribution in [3.63, 3.8) is 0 Å². The molecule has 0 saturated heterocycles. The predicted molar refractivity (Wildman–Crippen MR) is 99.5 cm³/mol. The van der Waals surface area contributed by atoms with Gasteiger partial charge in [-0.3, -0.25) is 4.79 Å². The van der Waals surface area contributed by atoms with Gasteiger partial charge in [-0.25, -0.2) is 4.98 Å². The summed E-state index contributed by atoms with van der Waals surface area (Å²) >= 11 is 5.92. The first-order valence-electron chi connectivity index (χ1n) is 7.87. The molecule has 3 aromatic rings. The van der Waals surface area contributed by atoms with Crippen LogP contribution in [0.25, 0.3) is 0 Å². The third kappa shape index (κ3) is 3.55. The van der Waals surface area contributed by atoms with E-state index in [1.807, 2.05) is 18.2 Å². The van der Waals surface area contributed by atoms with E-state index < -0.39 is 0 Å². The Hall–Kier alpha value is -3.25. The van der Waals surface area contributed by atoms with E-state index in [4.69, 9.17) is 21.1 Å². The van der Waals surface area contributed by atoms with Crippen molar-refractivity contribution in [2.24, 2.45) is 0 Å². The lowest BCUT2D eigenvalue weighted by atomic mass is 10.2. The molecule has 2 heterocycles. The summed E-state index contributed by atoms with van der Waals surface area (Å²) in [4.78, 5) is 16.5. The Labute approximate surface area is 154 Å². The Kier molecular flexibility index (Phi) is 4.33. The summed E-state index contributed by atoms with van der Waals surface area (Å²) in [6.07, 6.45) is 1.59. The zero-order valence-corrected chi connectivity index (χ0v) is 14.3. The molecule has 1 aliphatic heterocycles. The number of aromatic nitrogens is 1. The maximum atomic E-state index is 12.3. The number of hydrogen-bond donors (Lipinski definition) is 2. The summed E-state index contributed by atoms with van der Waals surface area (Å²) in [6.45, 7) is 0.233. The molecule has 1 aliphatic rings. The first-order chi connectivity index (χ1) is 12.7. The van der Waals surface area contributed by atoms with Crippen molar-refractivity contribution in [2.45, 2.75) is 0 Å². The Balaban J connectivity index is 1.44. The van der Waals surface area contributed by atoms with Crippen LogP contribution in [-0.4, -0.2) is 17.7 Å². The van der Waals surface area contributed by atoms with Crippen LogP contribution in [0.2, 0.25) is 5.02 Å². The van der Waals surface area contributed by atoms with Gasteiger partial charge in [0.15, 0.2) is 11.5 Å². The lowest BCUT2D eigenvalue weighted by Gasteiger charge is -2.08. The van der Waals surface area contributed by atoms with Gasteiger partial charge in [0, 0.05) is 22.5 Å². The number of anilines is 3. The van der Waals surface area contributed by atoms with Gasteiger partial charge in [0.1, 0.15) is 5.69 Å². The molecular weight excluding hydrogens is 354 g/mol. The van der Waals surface area contributed by atoms with Crippen LogP contribution in [-0.2, 0) is 0 Å². The highest BCUT2D eigenvalue weighted by molar-refractivity contribution is 6.30. The standard InChI is InChI=1S/C19H14ClN3O3/c20-12-2-1-3-13(8-12)23-19(24)16-6-4-15(10-21-16)22-14-5-7-17-18(9-14)26-11-25-17/h1-10,22H,11H2,(H,23,24). The monoisotopic (exact) mass is 367 g/mol. The van der Waals surface area contributed by atoms with Crippen LogP contribution in [0.5, 0.6) is 11.5 Å². The van der Waals surface area contributed by atoms with Crippen LogP contribution in [0.4, 0.5) is 17.1 Å². The molecule has 4 rings (SSSR count). The van der Waals surface area contributed by atoms with Gasteiger partial charge >= 0.3 is 0 Å². The van der Waals surface area contributed by atoms with Crippen molar-refractivity contribution in [3.05, 3.63) is 71.5 Å². The van der Waals surface area contributed by atoms with Crippen molar-refractivity contribution in [2.75, 3.05) is 17.4 Å². The second-order valence-corrected chi connectivity index (χ2v) is 6.03. The minimum atomic E-state index is -0.304. The summed E-state index contributed by atoms with van der Waals surface area (Å²) in [6, 6.07) is 15.9. The molecule has 2 aromatic carbocycles. The predicted octanol–water partition coefficient (Wildman–Crippen LogP) is 4.46. The lowest BCUT2D eigenvalue weighted by molar-refractivity contribution is 0.102. The van der Waals surface area contributed by atoms with E-state index in [0.717, 1.165) is 17.1 Å². The van der Waals surface area contributed by atoms with Gasteiger partial charge in [-0.2, -0.15) is 0 Å². The number of halogens is 1. The van der Waals surface area contributed by atoms with Crippen molar-refractivity contribution >= 4 is 34.6 Å². The number of carbonyl (C=O) groups is 1. The van der Waals surface area contributed by atoms with Crippen molar-refractivity contribution in [1.29, 1.82) is 0 Å². The Morgan fingerprint density at radius 1 is 0.962 bits per heavy atom. The molecule has 0 spiro atoms. The minimum absolute atomic E-state index is 0.233. The zero-order chi connectivity index (χ0) is 17.9. The molecule has 0 fully saturated rings. The molecule has 0 atom stereocenters. The van der Waals surface area contributed by atoms with Crippen molar-refractivity contribution in [1.82, 2.24) is 4.98 Å². The molecule has 0 bridgehead atoms. The molecular formula is C19H14ClN3O3. The average Bonchev–Trinajstić information content (AvgIpc) is 3.10. The van der Waals surface area contributed by atoms with Gasteiger partial charge in [0.2, 0.25) is 6.79 Å². The molecule has 2 N–H and O–H groups in total. The van der Waals surface area contributed by atoms with Gasteiger partial charge in [0.25, 0.3) is 5.91 Å². The van der Waals surface area contributed by atoms with Crippen LogP contribution < -0.4 is 20.1 Å². The largest absolute Gasteiger partial charge is 0.454 e. The maximum Gasteiger partial charge on any atom is 0.274 e. The van der Waals surface area contributed by atoms with Crippen molar-refractivity contribution in [3.8, 4) is 11.5 Å². The average molecular weight is 368 g/mol. The molecule has 0 saturated carbocycles. The van der Waals surface area contributed by atoms with Gasteiger partial charge < -0.3 is 20.1 Å². The van der Waals surface area contributed by atoms with E-state index in [0.29, 0.717) is 22.2 Å². The lowest BCUT2D eigenvalue weighted by Crippen LogP contribution is -2.13. The fraction of sp³-hybridized carbons (Fsp3) is 0.0526. The van der Waals surface area contributed by atoms with E-state index in [2.05, 4.69) is 15.6 Å². The first-order valence-corrected chi connectivity index (χ1v) is 8.25. The van der Waals surface area contributed by atoms with Gasteiger partial charge in [0.05, 0.1) is 11.9 Å². The van der Waals surface area contributed by atoms with Gasteiger partial charge in [-0.1, -0.05) is 17.7 Å². The number of amides is 1. The number of fused-ring (bicyclic) bond motifs is 1. The molecule has 7 heteroatoms. The number of pyridine rings is 1.